The van der Waals surface area contributed by atoms with E-state index in [-0.39, 0.29) is 53.5 Å². The molecule has 4 heterocycles. The van der Waals surface area contributed by atoms with Crippen molar-refractivity contribution >= 4 is 28.3 Å². The van der Waals surface area contributed by atoms with Gasteiger partial charge in [0.25, 0.3) is 5.19 Å². The zero-order valence-corrected chi connectivity index (χ0v) is 24.2. The quantitative estimate of drug-likeness (QED) is 0.195. The summed E-state index contributed by atoms with van der Waals surface area (Å²) >= 11 is 1.30. The fourth-order valence-corrected chi connectivity index (χ4v) is 5.79. The van der Waals surface area contributed by atoms with Gasteiger partial charge in [-0.05, 0) is 67.6 Å². The smallest absolute Gasteiger partial charge is 0.335 e. The summed E-state index contributed by atoms with van der Waals surface area (Å²) in [6.45, 7) is 1.19. The van der Waals surface area contributed by atoms with E-state index in [1.54, 1.807) is 30.3 Å². The average molecular weight is 620 g/mol. The van der Waals surface area contributed by atoms with Crippen molar-refractivity contribution in [2.75, 3.05) is 6.61 Å². The van der Waals surface area contributed by atoms with Crippen molar-refractivity contribution in [3.63, 3.8) is 0 Å². The van der Waals surface area contributed by atoms with Crippen LogP contribution in [0.5, 0.6) is 11.1 Å². The molecule has 2 aromatic carbocycles. The molecule has 2 fully saturated rings. The second-order valence-corrected chi connectivity index (χ2v) is 11.8. The number of imidazole rings is 1. The first-order valence-corrected chi connectivity index (χ1v) is 15.1. The molecule has 1 saturated carbocycles. The molecule has 0 radical (unpaired) electrons. The molecule has 1 atom stereocenters. The number of aromatic nitrogens is 5. The van der Waals surface area contributed by atoms with E-state index in [9.17, 15) is 9.90 Å². The molecule has 0 bridgehead atoms. The van der Waals surface area contributed by atoms with Crippen LogP contribution in [0.25, 0.3) is 22.3 Å². The van der Waals surface area contributed by atoms with Gasteiger partial charge in [-0.3, -0.25) is 0 Å². The molecule has 2 aliphatic rings. The van der Waals surface area contributed by atoms with Crippen LogP contribution in [0.3, 0.4) is 0 Å². The lowest BCUT2D eigenvalue weighted by molar-refractivity contribution is -0.0589. The van der Waals surface area contributed by atoms with Gasteiger partial charge in [0, 0.05) is 24.7 Å². The first kappa shape index (κ1) is 28.3. The number of halogens is 2. The Labute approximate surface area is 254 Å². The summed E-state index contributed by atoms with van der Waals surface area (Å²) in [5.74, 6) is -1.61. The van der Waals surface area contributed by atoms with Gasteiger partial charge >= 0.3 is 5.97 Å². The molecule has 10 nitrogen and oxygen atoms in total. The molecule has 1 aliphatic heterocycles. The van der Waals surface area contributed by atoms with Crippen molar-refractivity contribution in [1.29, 1.82) is 0 Å². The Hall–Kier alpha value is -4.49. The van der Waals surface area contributed by atoms with E-state index in [4.69, 9.17) is 14.2 Å². The maximum absolute atomic E-state index is 15.5. The number of pyridine rings is 1. The van der Waals surface area contributed by atoms with Gasteiger partial charge in [0.15, 0.2) is 5.01 Å². The average Bonchev–Trinajstić information content (AvgIpc) is 3.56. The zero-order chi connectivity index (χ0) is 30.2. The number of benzene rings is 2. The van der Waals surface area contributed by atoms with Crippen LogP contribution in [0.1, 0.15) is 52.4 Å². The van der Waals surface area contributed by atoms with E-state index < -0.39 is 17.6 Å². The van der Waals surface area contributed by atoms with Crippen molar-refractivity contribution in [3.8, 4) is 22.3 Å². The van der Waals surface area contributed by atoms with Crippen molar-refractivity contribution in [3.05, 3.63) is 82.1 Å². The van der Waals surface area contributed by atoms with Gasteiger partial charge in [0.1, 0.15) is 30.2 Å². The minimum atomic E-state index is -1.06. The molecule has 0 amide bonds. The molecular formula is C31H27F2N5O5S. The number of carboxylic acids is 1. The Morgan fingerprint density at radius 3 is 2.68 bits per heavy atom. The van der Waals surface area contributed by atoms with Gasteiger partial charge in [0.05, 0.1) is 34.9 Å². The predicted octanol–water partition coefficient (Wildman–Crippen LogP) is 5.82. The number of nitrogens with zero attached hydrogens (tertiary/aromatic N) is 5. The van der Waals surface area contributed by atoms with E-state index in [2.05, 4.69) is 20.2 Å². The molecule has 13 heteroatoms. The fraction of sp³-hybridized carbons (Fsp3) is 0.323. The maximum Gasteiger partial charge on any atom is 0.335 e. The highest BCUT2D eigenvalue weighted by molar-refractivity contribution is 7.13. The summed E-state index contributed by atoms with van der Waals surface area (Å²) in [6.07, 6.45) is 4.19. The van der Waals surface area contributed by atoms with Crippen molar-refractivity contribution < 1.29 is 32.9 Å². The van der Waals surface area contributed by atoms with E-state index in [1.165, 1.54) is 17.4 Å². The molecule has 1 N–H and O–H groups in total. The lowest BCUT2D eigenvalue weighted by Gasteiger charge is -2.27. The Balaban J connectivity index is 1.10. The molecule has 5 aromatic rings. The topological polar surface area (TPSA) is 121 Å². The lowest BCUT2D eigenvalue weighted by Crippen LogP contribution is -2.31. The largest absolute Gasteiger partial charge is 0.478 e. The molecule has 226 valence electrons. The molecule has 3 aromatic heterocycles. The zero-order valence-electron chi connectivity index (χ0n) is 23.4. The second kappa shape index (κ2) is 11.9. The third-order valence-corrected chi connectivity index (χ3v) is 8.64. The van der Waals surface area contributed by atoms with Gasteiger partial charge in [-0.2, -0.15) is 0 Å². The van der Waals surface area contributed by atoms with E-state index >= 15 is 8.78 Å². The molecule has 0 spiro atoms. The standard InChI is InChI=1S/C31H27F2N5O5S/c32-22-14-21(24-5-2-6-28(35-24)42-16-29-36-37-31(44-29)43-19-3-1-4-19)23(33)11-18(22)13-27-34-25-8-7-17(30(39)40)12-26(25)38(27)15-20-9-10-41-20/h2,5-8,11-12,14,19-20H,1,3-4,9-10,13,15-16H2,(H,39,40)/t20-/m0/s1. The lowest BCUT2D eigenvalue weighted by atomic mass is 9.96. The molecule has 0 unspecified atom stereocenters. The molecule has 44 heavy (non-hydrogen) atoms. The Kier molecular flexibility index (Phi) is 7.64. The summed E-state index contributed by atoms with van der Waals surface area (Å²) in [7, 11) is 0. The van der Waals surface area contributed by atoms with Crippen LogP contribution >= 0.6 is 11.3 Å². The number of aromatic carboxylic acids is 1. The summed E-state index contributed by atoms with van der Waals surface area (Å²) < 4.78 is 49.9. The van der Waals surface area contributed by atoms with Crippen LogP contribution in [-0.4, -0.2) is 54.6 Å². The number of rotatable bonds is 11. The van der Waals surface area contributed by atoms with Crippen LogP contribution in [-0.2, 0) is 24.3 Å². The van der Waals surface area contributed by atoms with Gasteiger partial charge in [-0.25, -0.2) is 23.5 Å². The summed E-state index contributed by atoms with van der Waals surface area (Å²) in [5.41, 5.74) is 1.60. The molecule has 1 aliphatic carbocycles. The van der Waals surface area contributed by atoms with E-state index in [1.807, 2.05) is 4.57 Å². The number of hydrogen-bond acceptors (Lipinski definition) is 9. The van der Waals surface area contributed by atoms with E-state index in [0.717, 1.165) is 37.8 Å². The van der Waals surface area contributed by atoms with Crippen LogP contribution < -0.4 is 9.47 Å². The Morgan fingerprint density at radius 2 is 1.93 bits per heavy atom. The third-order valence-electron chi connectivity index (χ3n) is 7.85. The van der Waals surface area contributed by atoms with Crippen LogP contribution in [0.2, 0.25) is 0 Å². The van der Waals surface area contributed by atoms with Crippen molar-refractivity contribution in [1.82, 2.24) is 24.7 Å². The van der Waals surface area contributed by atoms with Gasteiger partial charge < -0.3 is 23.9 Å². The maximum atomic E-state index is 15.5. The predicted molar refractivity (Wildman–Crippen MR) is 156 cm³/mol. The third kappa shape index (κ3) is 5.84. The van der Waals surface area contributed by atoms with Crippen LogP contribution in [0.4, 0.5) is 8.78 Å². The first-order chi connectivity index (χ1) is 21.4. The number of ether oxygens (including phenoxy) is 3. The number of carboxylic acid groups (broad SMARTS) is 1. The number of carbonyl (C=O) groups is 1. The molecular weight excluding hydrogens is 592 g/mol. The van der Waals surface area contributed by atoms with Crippen LogP contribution in [0, 0.1) is 11.6 Å². The van der Waals surface area contributed by atoms with Gasteiger partial charge in [0.2, 0.25) is 5.88 Å². The summed E-state index contributed by atoms with van der Waals surface area (Å²) in [4.78, 5) is 20.6. The minimum Gasteiger partial charge on any atom is -0.478 e. The summed E-state index contributed by atoms with van der Waals surface area (Å²) in [6, 6.07) is 11.8. The minimum absolute atomic E-state index is 0.00227. The second-order valence-electron chi connectivity index (χ2n) is 10.8. The highest BCUT2D eigenvalue weighted by Crippen LogP contribution is 2.30. The molecule has 1 saturated heterocycles. The van der Waals surface area contributed by atoms with Crippen LogP contribution in [0.15, 0.2) is 48.5 Å². The first-order valence-electron chi connectivity index (χ1n) is 14.3. The number of hydrogen-bond donors (Lipinski definition) is 1. The van der Waals surface area contributed by atoms with Crippen molar-refractivity contribution in [2.24, 2.45) is 0 Å². The Morgan fingerprint density at radius 1 is 1.07 bits per heavy atom. The fourth-order valence-electron chi connectivity index (χ4n) is 5.12. The monoisotopic (exact) mass is 619 g/mol. The Bertz CT molecular complexity index is 1850. The highest BCUT2D eigenvalue weighted by atomic mass is 32.1. The summed E-state index contributed by atoms with van der Waals surface area (Å²) in [5, 5.41) is 18.7. The van der Waals surface area contributed by atoms with E-state index in [0.29, 0.717) is 40.2 Å². The SMILES string of the molecule is O=C(O)c1ccc2nc(Cc3cc(F)c(-c4cccc(OCc5nnc(OC6CCC6)s5)n4)cc3F)n(C[C@@H]3CCO3)c2c1. The molecule has 7 rings (SSSR count). The highest BCUT2D eigenvalue weighted by Gasteiger charge is 2.24. The number of fused-ring (bicyclic) bond motifs is 1. The normalized spacial score (nSPS) is 16.5. The van der Waals surface area contributed by atoms with Crippen molar-refractivity contribution in [2.45, 2.75) is 57.5 Å². The van der Waals surface area contributed by atoms with Gasteiger partial charge in [-0.15, -0.1) is 5.10 Å². The van der Waals surface area contributed by atoms with Gasteiger partial charge in [-0.1, -0.05) is 22.5 Å².